The number of sulfonamides is 1. The van der Waals surface area contributed by atoms with Crippen LogP contribution in [0, 0.1) is 5.82 Å². The summed E-state index contributed by atoms with van der Waals surface area (Å²) in [5.41, 5.74) is 0.853. The minimum atomic E-state index is -3.89. The fraction of sp³-hybridized carbons (Fsp3) is 0.333. The number of benzene rings is 2. The molecule has 0 bridgehead atoms. The van der Waals surface area contributed by atoms with Crippen molar-refractivity contribution < 1.29 is 26.0 Å². The van der Waals surface area contributed by atoms with Crippen molar-refractivity contribution in [1.29, 1.82) is 0 Å². The third-order valence-electron chi connectivity index (χ3n) is 4.51. The molecule has 9 heteroatoms. The van der Waals surface area contributed by atoms with Crippen molar-refractivity contribution in [1.82, 2.24) is 4.31 Å². The smallest absolute Gasteiger partial charge is 0.211 e. The number of aryl methyl sites for hydroxylation is 1. The molecule has 3 rings (SSSR count). The predicted molar refractivity (Wildman–Crippen MR) is 98.5 cm³/mol. The first kappa shape index (κ1) is 19.8. The van der Waals surface area contributed by atoms with Gasteiger partial charge in [0, 0.05) is 7.05 Å². The van der Waals surface area contributed by atoms with Crippen LogP contribution < -0.4 is 4.74 Å². The Morgan fingerprint density at radius 1 is 1.11 bits per heavy atom. The van der Waals surface area contributed by atoms with Gasteiger partial charge in [0.2, 0.25) is 19.9 Å². The van der Waals surface area contributed by atoms with Gasteiger partial charge in [-0.25, -0.2) is 25.5 Å². The van der Waals surface area contributed by atoms with Crippen molar-refractivity contribution >= 4 is 19.9 Å². The minimum absolute atomic E-state index is 0.00367. The number of sulfone groups is 1. The van der Waals surface area contributed by atoms with Crippen molar-refractivity contribution in [2.75, 3.05) is 19.8 Å². The van der Waals surface area contributed by atoms with Crippen LogP contribution in [0.2, 0.25) is 0 Å². The molecular weight excluding hydrogens is 393 g/mol. The molecule has 0 radical (unpaired) electrons. The minimum Gasteiger partial charge on any atom is -0.489 e. The molecule has 1 aliphatic rings. The molecule has 1 heterocycles. The molecular formula is C18H20FNO5S2. The summed E-state index contributed by atoms with van der Waals surface area (Å²) in [6, 6.07) is 9.40. The van der Waals surface area contributed by atoms with Gasteiger partial charge in [0.25, 0.3) is 0 Å². The summed E-state index contributed by atoms with van der Waals surface area (Å²) in [5.74, 6) is -0.222. The first-order valence-corrected chi connectivity index (χ1v) is 11.6. The number of hydrogen-bond acceptors (Lipinski definition) is 5. The van der Waals surface area contributed by atoms with Crippen molar-refractivity contribution in [2.24, 2.45) is 0 Å². The van der Waals surface area contributed by atoms with E-state index >= 15 is 0 Å². The second-order valence-electron chi connectivity index (χ2n) is 6.55. The highest BCUT2D eigenvalue weighted by Gasteiger charge is 2.26. The number of hydrogen-bond donors (Lipinski definition) is 0. The summed E-state index contributed by atoms with van der Waals surface area (Å²) in [6.07, 6.45) is 2.03. The number of halogens is 1. The van der Waals surface area contributed by atoms with Gasteiger partial charge in [0.15, 0.2) is 0 Å². The van der Waals surface area contributed by atoms with Gasteiger partial charge in [0.1, 0.15) is 17.7 Å². The van der Waals surface area contributed by atoms with Crippen molar-refractivity contribution in [3.8, 4) is 5.75 Å². The number of rotatable bonds is 5. The molecule has 0 saturated heterocycles. The largest absolute Gasteiger partial charge is 0.489 e. The van der Waals surface area contributed by atoms with Gasteiger partial charge in [-0.05, 0) is 48.7 Å². The molecule has 0 fully saturated rings. The molecule has 0 saturated carbocycles. The summed E-state index contributed by atoms with van der Waals surface area (Å²) in [5, 5.41) is 0. The van der Waals surface area contributed by atoms with Gasteiger partial charge < -0.3 is 4.74 Å². The maximum absolute atomic E-state index is 13.4. The number of likely N-dealkylation sites (N-methyl/N-ethyl adjacent to an activating group) is 1. The zero-order chi connectivity index (χ0) is 19.8. The summed E-state index contributed by atoms with van der Waals surface area (Å²) in [4.78, 5) is -0.129. The Morgan fingerprint density at radius 3 is 2.48 bits per heavy atom. The zero-order valence-corrected chi connectivity index (χ0v) is 16.6. The van der Waals surface area contributed by atoms with Crippen molar-refractivity contribution in [3.63, 3.8) is 0 Å². The fourth-order valence-electron chi connectivity index (χ4n) is 2.89. The molecule has 146 valence electrons. The molecule has 0 unspecified atom stereocenters. The second kappa shape index (κ2) is 7.21. The Morgan fingerprint density at radius 2 is 1.81 bits per heavy atom. The van der Waals surface area contributed by atoms with Crippen LogP contribution in [0.15, 0.2) is 52.3 Å². The van der Waals surface area contributed by atoms with Gasteiger partial charge in [-0.15, -0.1) is 0 Å². The average Bonchev–Trinajstić information content (AvgIpc) is 2.60. The third-order valence-corrected chi connectivity index (χ3v) is 7.54. The van der Waals surface area contributed by atoms with Gasteiger partial charge in [-0.2, -0.15) is 0 Å². The highest BCUT2D eigenvalue weighted by Crippen LogP contribution is 2.32. The second-order valence-corrected chi connectivity index (χ2v) is 10.6. The lowest BCUT2D eigenvalue weighted by molar-refractivity contribution is 0.152. The van der Waals surface area contributed by atoms with Crippen molar-refractivity contribution in [3.05, 3.63) is 53.8 Å². The quantitative estimate of drug-likeness (QED) is 0.751. The lowest BCUT2D eigenvalue weighted by Gasteiger charge is -2.29. The Bertz CT molecular complexity index is 1070. The van der Waals surface area contributed by atoms with E-state index in [1.54, 1.807) is 6.07 Å². The number of fused-ring (bicyclic) bond motifs is 1. The van der Waals surface area contributed by atoms with E-state index in [4.69, 9.17) is 4.74 Å². The SMILES string of the molecule is CN(C[C@H]1CCc2ccc(S(=O)(=O)c3cccc(F)c3)cc2O1)S(C)(=O)=O. The molecule has 0 amide bonds. The Kier molecular flexibility index (Phi) is 5.29. The highest BCUT2D eigenvalue weighted by molar-refractivity contribution is 7.91. The maximum atomic E-state index is 13.4. The van der Waals surface area contributed by atoms with E-state index in [9.17, 15) is 21.2 Å². The fourth-order valence-corrected chi connectivity index (χ4v) is 4.64. The molecule has 27 heavy (non-hydrogen) atoms. The Labute approximate surface area is 158 Å². The van der Waals surface area contributed by atoms with Crippen LogP contribution in [0.3, 0.4) is 0 Å². The van der Waals surface area contributed by atoms with Crippen LogP contribution in [0.4, 0.5) is 4.39 Å². The van der Waals surface area contributed by atoms with Gasteiger partial charge in [0.05, 0.1) is 22.6 Å². The molecule has 0 aliphatic carbocycles. The highest BCUT2D eigenvalue weighted by atomic mass is 32.2. The molecule has 2 aromatic rings. The van der Waals surface area contributed by atoms with Crippen LogP contribution in [0.5, 0.6) is 5.75 Å². The summed E-state index contributed by atoms with van der Waals surface area (Å²) in [7, 11) is -5.74. The van der Waals surface area contributed by atoms with E-state index in [1.807, 2.05) is 0 Å². The average molecular weight is 413 g/mol. The van der Waals surface area contributed by atoms with Crippen LogP contribution in [-0.4, -0.2) is 47.1 Å². The molecule has 2 aromatic carbocycles. The van der Waals surface area contributed by atoms with E-state index < -0.39 is 25.7 Å². The van der Waals surface area contributed by atoms with Gasteiger partial charge in [-0.1, -0.05) is 12.1 Å². The topological polar surface area (TPSA) is 80.8 Å². The Balaban J connectivity index is 1.88. The van der Waals surface area contributed by atoms with E-state index in [-0.39, 0.29) is 22.4 Å². The van der Waals surface area contributed by atoms with E-state index in [1.165, 1.54) is 41.7 Å². The Hall–Kier alpha value is -1.97. The predicted octanol–water partition coefficient (Wildman–Crippen LogP) is 2.24. The third kappa shape index (κ3) is 4.31. The first-order valence-electron chi connectivity index (χ1n) is 8.29. The molecule has 0 spiro atoms. The zero-order valence-electron chi connectivity index (χ0n) is 14.9. The van der Waals surface area contributed by atoms with E-state index in [2.05, 4.69) is 0 Å². The van der Waals surface area contributed by atoms with Crippen LogP contribution in [0.1, 0.15) is 12.0 Å². The van der Waals surface area contributed by atoms with Gasteiger partial charge >= 0.3 is 0 Å². The van der Waals surface area contributed by atoms with Crippen molar-refractivity contribution in [2.45, 2.75) is 28.7 Å². The molecule has 0 N–H and O–H groups in total. The van der Waals surface area contributed by atoms with Crippen LogP contribution in [-0.2, 0) is 26.3 Å². The molecule has 6 nitrogen and oxygen atoms in total. The summed E-state index contributed by atoms with van der Waals surface area (Å²) < 4.78 is 69.1. The van der Waals surface area contributed by atoms with E-state index in [0.717, 1.165) is 17.9 Å². The number of nitrogens with zero attached hydrogens (tertiary/aromatic N) is 1. The van der Waals surface area contributed by atoms with Gasteiger partial charge in [-0.3, -0.25) is 0 Å². The standard InChI is InChI=1S/C18H20FNO5S2/c1-20(26(2,21)22)12-15-8-6-13-7-9-17(11-18(13)25-15)27(23,24)16-5-3-4-14(19)10-16/h3-5,7,9-11,15H,6,8,12H2,1-2H3/t15-/m1/s1. The molecule has 1 atom stereocenters. The number of ether oxygens (including phenoxy) is 1. The molecule has 1 aliphatic heterocycles. The van der Waals surface area contributed by atoms with E-state index in [0.29, 0.717) is 18.6 Å². The van der Waals surface area contributed by atoms with Crippen LogP contribution >= 0.6 is 0 Å². The lowest BCUT2D eigenvalue weighted by Crippen LogP contribution is -2.38. The lowest BCUT2D eigenvalue weighted by atomic mass is 10.0. The summed E-state index contributed by atoms with van der Waals surface area (Å²) >= 11 is 0. The summed E-state index contributed by atoms with van der Waals surface area (Å²) in [6.45, 7) is 0.180. The monoisotopic (exact) mass is 413 g/mol. The molecule has 0 aromatic heterocycles. The first-order chi connectivity index (χ1) is 12.6. The normalized spacial score (nSPS) is 17.4. The maximum Gasteiger partial charge on any atom is 0.211 e. The van der Waals surface area contributed by atoms with Crippen LogP contribution in [0.25, 0.3) is 0 Å².